The van der Waals surface area contributed by atoms with Gasteiger partial charge in [-0.25, -0.2) is 0 Å². The highest BCUT2D eigenvalue weighted by molar-refractivity contribution is 9.10. The molecule has 2 rings (SSSR count). The molecular weight excluding hydrogens is 249 g/mol. The standard InChI is InChI=1S/C10H9BrClN/c11-7-3-1-4-8(12)10(7)9-5-2-6-13-9/h1,3-4H,2,5-6H2. The van der Waals surface area contributed by atoms with Crippen molar-refractivity contribution in [3.8, 4) is 0 Å². The van der Waals surface area contributed by atoms with E-state index in [1.165, 1.54) is 0 Å². The summed E-state index contributed by atoms with van der Waals surface area (Å²) >= 11 is 9.59. The van der Waals surface area contributed by atoms with E-state index in [1.807, 2.05) is 18.2 Å². The molecule has 68 valence electrons. The Morgan fingerprint density at radius 2 is 2.23 bits per heavy atom. The smallest absolute Gasteiger partial charge is 0.0507 e. The fourth-order valence-electron chi connectivity index (χ4n) is 1.52. The molecule has 0 amide bonds. The Kier molecular flexibility index (Phi) is 2.70. The predicted octanol–water partition coefficient (Wildman–Crippen LogP) is 3.69. The van der Waals surface area contributed by atoms with Gasteiger partial charge in [0.15, 0.2) is 0 Å². The van der Waals surface area contributed by atoms with E-state index in [2.05, 4.69) is 20.9 Å². The molecular formula is C10H9BrClN. The predicted molar refractivity (Wildman–Crippen MR) is 59.8 cm³/mol. The van der Waals surface area contributed by atoms with Crippen molar-refractivity contribution >= 4 is 33.2 Å². The molecule has 13 heavy (non-hydrogen) atoms. The topological polar surface area (TPSA) is 12.4 Å². The van der Waals surface area contributed by atoms with Crippen LogP contribution in [-0.4, -0.2) is 12.3 Å². The molecule has 0 spiro atoms. The molecule has 0 aliphatic carbocycles. The molecule has 0 N–H and O–H groups in total. The third kappa shape index (κ3) is 1.79. The third-order valence-corrected chi connectivity index (χ3v) is 3.10. The van der Waals surface area contributed by atoms with Crippen molar-refractivity contribution in [2.24, 2.45) is 4.99 Å². The van der Waals surface area contributed by atoms with Crippen LogP contribution in [0.2, 0.25) is 5.02 Å². The van der Waals surface area contributed by atoms with Crippen LogP contribution in [0.4, 0.5) is 0 Å². The van der Waals surface area contributed by atoms with Gasteiger partial charge in [-0.1, -0.05) is 33.6 Å². The Balaban J connectivity index is 2.49. The molecule has 1 heterocycles. The summed E-state index contributed by atoms with van der Waals surface area (Å²) in [6.45, 7) is 0.937. The second-order valence-electron chi connectivity index (χ2n) is 3.03. The number of hydrogen-bond acceptors (Lipinski definition) is 1. The van der Waals surface area contributed by atoms with Gasteiger partial charge in [0, 0.05) is 22.3 Å². The van der Waals surface area contributed by atoms with Crippen molar-refractivity contribution in [1.29, 1.82) is 0 Å². The van der Waals surface area contributed by atoms with Crippen LogP contribution in [0.5, 0.6) is 0 Å². The van der Waals surface area contributed by atoms with Gasteiger partial charge in [0.1, 0.15) is 0 Å². The highest BCUT2D eigenvalue weighted by atomic mass is 79.9. The van der Waals surface area contributed by atoms with Crippen LogP contribution in [0.3, 0.4) is 0 Å². The molecule has 0 radical (unpaired) electrons. The van der Waals surface area contributed by atoms with E-state index in [-0.39, 0.29) is 0 Å². The SMILES string of the molecule is Clc1cccc(Br)c1C1=NCCC1. The first kappa shape index (κ1) is 9.22. The summed E-state index contributed by atoms with van der Waals surface area (Å²) in [4.78, 5) is 4.43. The summed E-state index contributed by atoms with van der Waals surface area (Å²) in [7, 11) is 0. The zero-order chi connectivity index (χ0) is 9.26. The lowest BCUT2D eigenvalue weighted by molar-refractivity contribution is 0.951. The van der Waals surface area contributed by atoms with Crippen LogP contribution < -0.4 is 0 Å². The van der Waals surface area contributed by atoms with E-state index in [9.17, 15) is 0 Å². The van der Waals surface area contributed by atoms with Gasteiger partial charge in [0.2, 0.25) is 0 Å². The van der Waals surface area contributed by atoms with E-state index in [1.54, 1.807) is 0 Å². The Morgan fingerprint density at radius 3 is 2.85 bits per heavy atom. The minimum atomic E-state index is 0.787. The first-order valence-corrected chi connectivity index (χ1v) is 5.44. The number of rotatable bonds is 1. The molecule has 0 atom stereocenters. The molecule has 0 aromatic heterocycles. The molecule has 1 aromatic rings. The first-order chi connectivity index (χ1) is 6.29. The van der Waals surface area contributed by atoms with Crippen molar-refractivity contribution < 1.29 is 0 Å². The second-order valence-corrected chi connectivity index (χ2v) is 4.29. The minimum absolute atomic E-state index is 0.787. The van der Waals surface area contributed by atoms with Gasteiger partial charge in [0.25, 0.3) is 0 Å². The van der Waals surface area contributed by atoms with E-state index in [0.717, 1.165) is 40.2 Å². The van der Waals surface area contributed by atoms with Crippen molar-refractivity contribution in [2.45, 2.75) is 12.8 Å². The van der Waals surface area contributed by atoms with Crippen LogP contribution in [0, 0.1) is 0 Å². The lowest BCUT2D eigenvalue weighted by Crippen LogP contribution is -1.98. The maximum atomic E-state index is 6.10. The molecule has 3 heteroatoms. The van der Waals surface area contributed by atoms with Crippen molar-refractivity contribution in [2.75, 3.05) is 6.54 Å². The van der Waals surface area contributed by atoms with Crippen molar-refractivity contribution in [3.63, 3.8) is 0 Å². The number of aliphatic imine (C=N–C) groups is 1. The van der Waals surface area contributed by atoms with E-state index >= 15 is 0 Å². The van der Waals surface area contributed by atoms with Crippen molar-refractivity contribution in [1.82, 2.24) is 0 Å². The number of nitrogens with zero attached hydrogens (tertiary/aromatic N) is 1. The zero-order valence-corrected chi connectivity index (χ0v) is 9.40. The molecule has 0 saturated carbocycles. The molecule has 0 bridgehead atoms. The van der Waals surface area contributed by atoms with Gasteiger partial charge in [-0.3, -0.25) is 4.99 Å². The summed E-state index contributed by atoms with van der Waals surface area (Å²) in [5.41, 5.74) is 2.21. The van der Waals surface area contributed by atoms with E-state index in [0.29, 0.717) is 0 Å². The lowest BCUT2D eigenvalue weighted by Gasteiger charge is -2.05. The lowest BCUT2D eigenvalue weighted by atomic mass is 10.1. The van der Waals surface area contributed by atoms with Gasteiger partial charge in [-0.15, -0.1) is 0 Å². The van der Waals surface area contributed by atoms with Gasteiger partial charge in [0.05, 0.1) is 5.02 Å². The fraction of sp³-hybridized carbons (Fsp3) is 0.300. The molecule has 1 nitrogen and oxygen atoms in total. The number of hydrogen-bond donors (Lipinski definition) is 0. The number of benzene rings is 1. The van der Waals surface area contributed by atoms with Crippen LogP contribution in [-0.2, 0) is 0 Å². The Labute approximate surface area is 91.0 Å². The average Bonchev–Trinajstić information content (AvgIpc) is 2.57. The van der Waals surface area contributed by atoms with Crippen molar-refractivity contribution in [3.05, 3.63) is 33.3 Å². The maximum absolute atomic E-state index is 6.10. The van der Waals surface area contributed by atoms with Gasteiger partial charge < -0.3 is 0 Å². The summed E-state index contributed by atoms with van der Waals surface area (Å²) < 4.78 is 1.04. The second kappa shape index (κ2) is 3.81. The van der Waals surface area contributed by atoms with Crippen LogP contribution in [0.25, 0.3) is 0 Å². The highest BCUT2D eigenvalue weighted by Crippen LogP contribution is 2.28. The monoisotopic (exact) mass is 257 g/mol. The zero-order valence-electron chi connectivity index (χ0n) is 7.06. The maximum Gasteiger partial charge on any atom is 0.0507 e. The van der Waals surface area contributed by atoms with E-state index < -0.39 is 0 Å². The number of halogens is 2. The van der Waals surface area contributed by atoms with Crippen LogP contribution >= 0.6 is 27.5 Å². The normalized spacial score (nSPS) is 16.0. The quantitative estimate of drug-likeness (QED) is 0.728. The summed E-state index contributed by atoms with van der Waals surface area (Å²) in [5, 5.41) is 0.787. The largest absolute Gasteiger partial charge is 0.289 e. The third-order valence-electron chi connectivity index (χ3n) is 2.13. The summed E-state index contributed by atoms with van der Waals surface area (Å²) in [6.07, 6.45) is 2.19. The van der Waals surface area contributed by atoms with Gasteiger partial charge in [-0.2, -0.15) is 0 Å². The fourth-order valence-corrected chi connectivity index (χ4v) is 2.51. The van der Waals surface area contributed by atoms with Gasteiger partial charge >= 0.3 is 0 Å². The molecule has 0 saturated heterocycles. The van der Waals surface area contributed by atoms with Crippen LogP contribution in [0.15, 0.2) is 27.7 Å². The molecule has 0 unspecified atom stereocenters. The molecule has 0 fully saturated rings. The Morgan fingerprint density at radius 1 is 1.38 bits per heavy atom. The molecule has 1 aliphatic rings. The van der Waals surface area contributed by atoms with E-state index in [4.69, 9.17) is 11.6 Å². The summed E-state index contributed by atoms with van der Waals surface area (Å²) in [6, 6.07) is 5.84. The summed E-state index contributed by atoms with van der Waals surface area (Å²) in [5.74, 6) is 0. The van der Waals surface area contributed by atoms with Crippen LogP contribution in [0.1, 0.15) is 18.4 Å². The Hall–Kier alpha value is -0.340. The molecule has 1 aliphatic heterocycles. The average molecular weight is 259 g/mol. The highest BCUT2D eigenvalue weighted by Gasteiger charge is 2.14. The molecule has 1 aromatic carbocycles. The minimum Gasteiger partial charge on any atom is -0.289 e. The van der Waals surface area contributed by atoms with Gasteiger partial charge in [-0.05, 0) is 25.0 Å². The Bertz CT molecular complexity index is 340. The first-order valence-electron chi connectivity index (χ1n) is 4.27.